The van der Waals surface area contributed by atoms with Crippen LogP contribution in [0.1, 0.15) is 13.3 Å². The van der Waals surface area contributed by atoms with E-state index in [9.17, 15) is 14.9 Å². The van der Waals surface area contributed by atoms with Crippen LogP contribution in [0.25, 0.3) is 0 Å². The summed E-state index contributed by atoms with van der Waals surface area (Å²) in [4.78, 5) is 21.5. The predicted molar refractivity (Wildman–Crippen MR) is 69.9 cm³/mol. The van der Waals surface area contributed by atoms with E-state index in [4.69, 9.17) is 11.6 Å². The van der Waals surface area contributed by atoms with Crippen molar-refractivity contribution < 1.29 is 9.72 Å². The molecule has 0 aliphatic rings. The van der Waals surface area contributed by atoms with Crippen LogP contribution in [0.3, 0.4) is 0 Å². The standard InChI is InChI=1S/C11H14ClN3O3/c1-2-13-11(16)5-6-14-9-7-8(12)3-4-10(9)15(17)18/h3-4,7,14H,2,5-6H2,1H3,(H,13,16). The summed E-state index contributed by atoms with van der Waals surface area (Å²) < 4.78 is 0. The molecule has 1 amide bonds. The monoisotopic (exact) mass is 271 g/mol. The molecule has 18 heavy (non-hydrogen) atoms. The van der Waals surface area contributed by atoms with Gasteiger partial charge in [-0.05, 0) is 19.1 Å². The van der Waals surface area contributed by atoms with Gasteiger partial charge in [-0.25, -0.2) is 0 Å². The number of hydrogen-bond acceptors (Lipinski definition) is 4. The van der Waals surface area contributed by atoms with Crippen molar-refractivity contribution in [1.29, 1.82) is 0 Å². The molecule has 0 radical (unpaired) electrons. The zero-order valence-electron chi connectivity index (χ0n) is 9.90. The molecule has 0 heterocycles. The summed E-state index contributed by atoms with van der Waals surface area (Å²) in [7, 11) is 0. The minimum Gasteiger partial charge on any atom is -0.379 e. The molecule has 0 spiro atoms. The smallest absolute Gasteiger partial charge is 0.292 e. The lowest BCUT2D eigenvalue weighted by Crippen LogP contribution is -2.24. The fourth-order valence-corrected chi connectivity index (χ4v) is 1.58. The van der Waals surface area contributed by atoms with Crippen LogP contribution < -0.4 is 10.6 Å². The zero-order chi connectivity index (χ0) is 13.5. The molecule has 1 aromatic carbocycles. The molecular formula is C11H14ClN3O3. The summed E-state index contributed by atoms with van der Waals surface area (Å²) in [5.41, 5.74) is 0.257. The maximum Gasteiger partial charge on any atom is 0.292 e. The van der Waals surface area contributed by atoms with Crippen molar-refractivity contribution in [2.75, 3.05) is 18.4 Å². The van der Waals surface area contributed by atoms with E-state index in [0.29, 0.717) is 23.8 Å². The third-order valence-corrected chi connectivity index (χ3v) is 2.43. The van der Waals surface area contributed by atoms with Gasteiger partial charge in [-0.3, -0.25) is 14.9 Å². The van der Waals surface area contributed by atoms with Crippen LogP contribution >= 0.6 is 11.6 Å². The number of nitrogens with one attached hydrogen (secondary N) is 2. The molecule has 7 heteroatoms. The number of nitrogens with zero attached hydrogens (tertiary/aromatic N) is 1. The van der Waals surface area contributed by atoms with Crippen LogP contribution in [0.4, 0.5) is 11.4 Å². The SMILES string of the molecule is CCNC(=O)CCNc1cc(Cl)ccc1[N+](=O)[O-]. The number of nitro benzene ring substituents is 1. The summed E-state index contributed by atoms with van der Waals surface area (Å²) >= 11 is 5.77. The second-order valence-electron chi connectivity index (χ2n) is 3.55. The van der Waals surface area contributed by atoms with E-state index in [-0.39, 0.29) is 18.0 Å². The summed E-state index contributed by atoms with van der Waals surface area (Å²) in [6.45, 7) is 2.70. The number of halogens is 1. The molecule has 1 rings (SSSR count). The van der Waals surface area contributed by atoms with E-state index in [1.165, 1.54) is 18.2 Å². The first-order valence-electron chi connectivity index (χ1n) is 5.49. The number of carbonyl (C=O) groups is 1. The van der Waals surface area contributed by atoms with Crippen molar-refractivity contribution >= 4 is 28.9 Å². The molecule has 0 fully saturated rings. The lowest BCUT2D eigenvalue weighted by molar-refractivity contribution is -0.384. The maximum atomic E-state index is 11.2. The Labute approximate surface area is 109 Å². The topological polar surface area (TPSA) is 84.3 Å². The van der Waals surface area contributed by atoms with Crippen molar-refractivity contribution in [2.24, 2.45) is 0 Å². The largest absolute Gasteiger partial charge is 0.379 e. The average Bonchev–Trinajstić information content (AvgIpc) is 2.29. The minimum absolute atomic E-state index is 0.0599. The van der Waals surface area contributed by atoms with Crippen LogP contribution in [-0.4, -0.2) is 23.9 Å². The van der Waals surface area contributed by atoms with E-state index >= 15 is 0 Å². The van der Waals surface area contributed by atoms with E-state index in [1.807, 2.05) is 6.92 Å². The van der Waals surface area contributed by atoms with Crippen LogP contribution in [0.2, 0.25) is 5.02 Å². The molecule has 0 bridgehead atoms. The molecular weight excluding hydrogens is 258 g/mol. The average molecular weight is 272 g/mol. The van der Waals surface area contributed by atoms with E-state index in [2.05, 4.69) is 10.6 Å². The number of hydrogen-bond donors (Lipinski definition) is 2. The van der Waals surface area contributed by atoms with Gasteiger partial charge >= 0.3 is 0 Å². The summed E-state index contributed by atoms with van der Waals surface area (Å²) in [5.74, 6) is -0.102. The van der Waals surface area contributed by atoms with Crippen LogP contribution in [0, 0.1) is 10.1 Å². The fourth-order valence-electron chi connectivity index (χ4n) is 1.41. The van der Waals surface area contributed by atoms with Gasteiger partial charge in [-0.2, -0.15) is 0 Å². The highest BCUT2D eigenvalue weighted by Crippen LogP contribution is 2.27. The third kappa shape index (κ3) is 4.21. The molecule has 0 aliphatic carbocycles. The molecule has 98 valence electrons. The second kappa shape index (κ2) is 6.80. The number of benzene rings is 1. The van der Waals surface area contributed by atoms with Gasteiger partial charge in [0, 0.05) is 30.6 Å². The van der Waals surface area contributed by atoms with Crippen molar-refractivity contribution in [3.05, 3.63) is 33.3 Å². The van der Waals surface area contributed by atoms with Crippen LogP contribution in [0.5, 0.6) is 0 Å². The molecule has 0 saturated heterocycles. The Bertz CT molecular complexity index is 451. The first-order valence-corrected chi connectivity index (χ1v) is 5.87. The Hall–Kier alpha value is -1.82. The van der Waals surface area contributed by atoms with E-state index < -0.39 is 4.92 Å². The van der Waals surface area contributed by atoms with Gasteiger partial charge in [0.05, 0.1) is 4.92 Å². The molecule has 0 saturated carbocycles. The van der Waals surface area contributed by atoms with Crippen molar-refractivity contribution in [2.45, 2.75) is 13.3 Å². The van der Waals surface area contributed by atoms with Crippen molar-refractivity contribution in [3.8, 4) is 0 Å². The normalized spacial score (nSPS) is 9.89. The number of nitro groups is 1. The number of carbonyl (C=O) groups excluding carboxylic acids is 1. The van der Waals surface area contributed by atoms with Gasteiger partial charge in [0.15, 0.2) is 0 Å². The number of amides is 1. The molecule has 1 aromatic rings. The number of anilines is 1. The Balaban J connectivity index is 2.63. The Morgan fingerprint density at radius 1 is 1.50 bits per heavy atom. The van der Waals surface area contributed by atoms with Gasteiger partial charge in [0.2, 0.25) is 5.91 Å². The van der Waals surface area contributed by atoms with Gasteiger partial charge in [-0.15, -0.1) is 0 Å². The maximum absolute atomic E-state index is 11.2. The van der Waals surface area contributed by atoms with Gasteiger partial charge in [0.25, 0.3) is 5.69 Å². The first-order chi connectivity index (χ1) is 8.54. The van der Waals surface area contributed by atoms with Crippen LogP contribution in [-0.2, 0) is 4.79 Å². The molecule has 6 nitrogen and oxygen atoms in total. The highest BCUT2D eigenvalue weighted by molar-refractivity contribution is 6.31. The fraction of sp³-hybridized carbons (Fsp3) is 0.364. The van der Waals surface area contributed by atoms with Crippen molar-refractivity contribution in [1.82, 2.24) is 5.32 Å². The van der Waals surface area contributed by atoms with Gasteiger partial charge < -0.3 is 10.6 Å². The Morgan fingerprint density at radius 2 is 2.22 bits per heavy atom. The highest BCUT2D eigenvalue weighted by Gasteiger charge is 2.13. The first kappa shape index (κ1) is 14.2. The Kier molecular flexibility index (Phi) is 5.38. The third-order valence-electron chi connectivity index (χ3n) is 2.20. The molecule has 0 unspecified atom stereocenters. The van der Waals surface area contributed by atoms with Crippen LogP contribution in [0.15, 0.2) is 18.2 Å². The molecule has 2 N–H and O–H groups in total. The van der Waals surface area contributed by atoms with E-state index in [1.54, 1.807) is 0 Å². The summed E-state index contributed by atoms with van der Waals surface area (Å²) in [6, 6.07) is 4.25. The van der Waals surface area contributed by atoms with Crippen molar-refractivity contribution in [3.63, 3.8) is 0 Å². The zero-order valence-corrected chi connectivity index (χ0v) is 10.7. The second-order valence-corrected chi connectivity index (χ2v) is 3.99. The minimum atomic E-state index is -0.495. The quantitative estimate of drug-likeness (QED) is 0.613. The molecule has 0 atom stereocenters. The summed E-state index contributed by atoms with van der Waals surface area (Å²) in [5, 5.41) is 16.7. The predicted octanol–water partition coefficient (Wildman–Crippen LogP) is 2.19. The molecule has 0 aromatic heterocycles. The summed E-state index contributed by atoms with van der Waals surface area (Å²) in [6.07, 6.45) is 0.248. The van der Waals surface area contributed by atoms with E-state index in [0.717, 1.165) is 0 Å². The lowest BCUT2D eigenvalue weighted by atomic mass is 10.2. The highest BCUT2D eigenvalue weighted by atomic mass is 35.5. The molecule has 0 aliphatic heterocycles. The van der Waals surface area contributed by atoms with Gasteiger partial charge in [0.1, 0.15) is 5.69 Å². The van der Waals surface area contributed by atoms with Gasteiger partial charge in [-0.1, -0.05) is 11.6 Å². The lowest BCUT2D eigenvalue weighted by Gasteiger charge is -2.07. The number of rotatable bonds is 6. The Morgan fingerprint density at radius 3 is 2.83 bits per heavy atom.